The Morgan fingerprint density at radius 1 is 1.00 bits per heavy atom. The summed E-state index contributed by atoms with van der Waals surface area (Å²) in [5.74, 6) is -2.29. The lowest BCUT2D eigenvalue weighted by Crippen LogP contribution is -2.56. The number of rotatable bonds is 6. The SMILES string of the molecule is COc1ccc(C(=O)[C@H](C)N(C(=O)c2ccccc2Cl)N2C(=O)[C@@H]3CCCC[C@H]3C2=O)cc1. The van der Waals surface area contributed by atoms with Crippen LogP contribution in [0.25, 0.3) is 0 Å². The zero-order valence-corrected chi connectivity index (χ0v) is 19.2. The predicted octanol–water partition coefficient (Wildman–Crippen LogP) is 4.15. The van der Waals surface area contributed by atoms with Gasteiger partial charge in [-0.15, -0.1) is 0 Å². The summed E-state index contributed by atoms with van der Waals surface area (Å²) in [4.78, 5) is 53.6. The summed E-state index contributed by atoms with van der Waals surface area (Å²) in [6.45, 7) is 1.52. The normalized spacial score (nSPS) is 20.9. The smallest absolute Gasteiger partial charge is 0.275 e. The van der Waals surface area contributed by atoms with E-state index in [0.717, 1.165) is 22.9 Å². The number of imide groups is 1. The van der Waals surface area contributed by atoms with Crippen LogP contribution >= 0.6 is 11.6 Å². The molecule has 1 aliphatic heterocycles. The number of halogens is 1. The van der Waals surface area contributed by atoms with Gasteiger partial charge in [0.15, 0.2) is 5.78 Å². The molecule has 0 spiro atoms. The number of carbonyl (C=O) groups is 4. The molecule has 1 heterocycles. The topological polar surface area (TPSA) is 84.0 Å². The van der Waals surface area contributed by atoms with Crippen molar-refractivity contribution in [1.82, 2.24) is 10.0 Å². The van der Waals surface area contributed by atoms with Gasteiger partial charge in [-0.2, -0.15) is 5.01 Å². The van der Waals surface area contributed by atoms with Crippen LogP contribution in [0, 0.1) is 11.8 Å². The zero-order chi connectivity index (χ0) is 23.7. The number of Topliss-reactive ketones (excluding diaryl/α,β-unsaturated/α-hetero) is 1. The average molecular weight is 469 g/mol. The van der Waals surface area contributed by atoms with E-state index in [1.807, 2.05) is 0 Å². The Morgan fingerprint density at radius 3 is 2.12 bits per heavy atom. The van der Waals surface area contributed by atoms with Crippen molar-refractivity contribution in [1.29, 1.82) is 0 Å². The first-order valence-corrected chi connectivity index (χ1v) is 11.4. The molecule has 1 saturated carbocycles. The van der Waals surface area contributed by atoms with Crippen molar-refractivity contribution in [3.8, 4) is 5.75 Å². The van der Waals surface area contributed by atoms with Crippen molar-refractivity contribution in [2.24, 2.45) is 11.8 Å². The van der Waals surface area contributed by atoms with E-state index in [9.17, 15) is 19.2 Å². The maximum absolute atomic E-state index is 13.7. The van der Waals surface area contributed by atoms with Crippen molar-refractivity contribution in [2.75, 3.05) is 7.11 Å². The maximum Gasteiger partial charge on any atom is 0.275 e. The fourth-order valence-electron chi connectivity index (χ4n) is 4.66. The number of methoxy groups -OCH3 is 1. The van der Waals surface area contributed by atoms with Gasteiger partial charge in [0, 0.05) is 5.56 Å². The number of ether oxygens (including phenoxy) is 1. The summed E-state index contributed by atoms with van der Waals surface area (Å²) >= 11 is 6.26. The lowest BCUT2D eigenvalue weighted by molar-refractivity contribution is -0.156. The highest BCUT2D eigenvalue weighted by molar-refractivity contribution is 6.34. The van der Waals surface area contributed by atoms with Crippen molar-refractivity contribution in [3.63, 3.8) is 0 Å². The highest BCUT2D eigenvalue weighted by Gasteiger charge is 2.53. The molecule has 0 bridgehead atoms. The minimum absolute atomic E-state index is 0.115. The van der Waals surface area contributed by atoms with E-state index >= 15 is 0 Å². The summed E-state index contributed by atoms with van der Waals surface area (Å²) in [6, 6.07) is 11.7. The van der Waals surface area contributed by atoms with Gasteiger partial charge in [0.2, 0.25) is 0 Å². The molecule has 0 unspecified atom stereocenters. The van der Waals surface area contributed by atoms with Gasteiger partial charge in [-0.3, -0.25) is 19.2 Å². The molecule has 3 amide bonds. The van der Waals surface area contributed by atoms with Crippen LogP contribution in [0.3, 0.4) is 0 Å². The van der Waals surface area contributed by atoms with Crippen LogP contribution in [-0.2, 0) is 9.59 Å². The van der Waals surface area contributed by atoms with Crippen molar-refractivity contribution in [2.45, 2.75) is 38.6 Å². The lowest BCUT2D eigenvalue weighted by Gasteiger charge is -2.35. The maximum atomic E-state index is 13.7. The number of carbonyl (C=O) groups excluding carboxylic acids is 4. The Labute approximate surface area is 197 Å². The van der Waals surface area contributed by atoms with Crippen LogP contribution in [0.15, 0.2) is 48.5 Å². The highest BCUT2D eigenvalue weighted by atomic mass is 35.5. The molecule has 172 valence electrons. The van der Waals surface area contributed by atoms with Crippen LogP contribution in [0.1, 0.15) is 53.3 Å². The minimum atomic E-state index is -1.12. The van der Waals surface area contributed by atoms with Gasteiger partial charge >= 0.3 is 0 Å². The van der Waals surface area contributed by atoms with Crippen molar-refractivity contribution < 1.29 is 23.9 Å². The number of hydrogen-bond donors (Lipinski definition) is 0. The monoisotopic (exact) mass is 468 g/mol. The molecule has 3 atom stereocenters. The van der Waals surface area contributed by atoms with Crippen molar-refractivity contribution in [3.05, 3.63) is 64.7 Å². The van der Waals surface area contributed by atoms with Crippen LogP contribution in [0.4, 0.5) is 0 Å². The molecule has 2 fully saturated rings. The first-order valence-electron chi connectivity index (χ1n) is 11.0. The number of amides is 3. The highest BCUT2D eigenvalue weighted by Crippen LogP contribution is 2.39. The second-order valence-electron chi connectivity index (χ2n) is 8.38. The van der Waals surface area contributed by atoms with Gasteiger partial charge in [-0.1, -0.05) is 36.6 Å². The Kier molecular flexibility index (Phi) is 6.51. The van der Waals surface area contributed by atoms with Crippen LogP contribution in [0.2, 0.25) is 5.02 Å². The Morgan fingerprint density at radius 2 is 1.58 bits per heavy atom. The van der Waals surface area contributed by atoms with Gasteiger partial charge in [-0.25, -0.2) is 5.01 Å². The lowest BCUT2D eigenvalue weighted by atomic mass is 9.81. The molecule has 0 aromatic heterocycles. The minimum Gasteiger partial charge on any atom is -0.497 e. The standard InChI is InChI=1S/C25H25ClN2O5/c1-15(22(29)16-11-13-17(33-2)14-12-16)27(25(32)20-9-5-6-10-21(20)26)28-23(30)18-7-3-4-8-19(18)24(28)31/h5-6,9-15,18-19H,3-4,7-8H2,1-2H3/t15-,18+,19+/m0/s1. The first-order chi connectivity index (χ1) is 15.8. The summed E-state index contributed by atoms with van der Waals surface area (Å²) in [5.41, 5.74) is 0.445. The van der Waals surface area contributed by atoms with E-state index in [1.165, 1.54) is 20.1 Å². The molecule has 7 nitrogen and oxygen atoms in total. The third-order valence-electron chi connectivity index (χ3n) is 6.47. The number of fused-ring (bicyclic) bond motifs is 1. The molecule has 2 aromatic rings. The molecule has 1 aliphatic carbocycles. The van der Waals surface area contributed by atoms with Crippen LogP contribution in [0.5, 0.6) is 5.75 Å². The van der Waals surface area contributed by atoms with E-state index < -0.39 is 41.4 Å². The zero-order valence-electron chi connectivity index (χ0n) is 18.5. The molecule has 2 aliphatic rings. The fourth-order valence-corrected chi connectivity index (χ4v) is 4.88. The number of ketones is 1. The summed E-state index contributed by atoms with van der Waals surface area (Å²) in [7, 11) is 1.52. The number of benzene rings is 2. The molecular formula is C25H25ClN2O5. The van der Waals surface area contributed by atoms with Gasteiger partial charge in [0.1, 0.15) is 11.8 Å². The quantitative estimate of drug-likeness (QED) is 0.469. The van der Waals surface area contributed by atoms with Crippen LogP contribution < -0.4 is 4.74 Å². The summed E-state index contributed by atoms with van der Waals surface area (Å²) in [6.07, 6.45) is 2.90. The molecule has 33 heavy (non-hydrogen) atoms. The number of nitrogens with zero attached hydrogens (tertiary/aromatic N) is 2. The second kappa shape index (κ2) is 9.35. The number of hydrazine groups is 1. The van der Waals surface area contributed by atoms with E-state index in [2.05, 4.69) is 0 Å². The number of hydrogen-bond acceptors (Lipinski definition) is 5. The second-order valence-corrected chi connectivity index (χ2v) is 8.79. The van der Waals surface area contributed by atoms with Gasteiger partial charge in [-0.05, 0) is 56.2 Å². The van der Waals surface area contributed by atoms with Crippen LogP contribution in [-0.4, -0.2) is 46.7 Å². The molecular weight excluding hydrogens is 444 g/mol. The Hall–Kier alpha value is -3.19. The third-order valence-corrected chi connectivity index (χ3v) is 6.80. The first kappa shape index (κ1) is 23.0. The fraction of sp³-hybridized carbons (Fsp3) is 0.360. The molecule has 8 heteroatoms. The molecule has 1 saturated heterocycles. The third kappa shape index (κ3) is 4.13. The molecule has 4 rings (SSSR count). The molecule has 2 aromatic carbocycles. The Balaban J connectivity index is 1.75. The summed E-state index contributed by atoms with van der Waals surface area (Å²) < 4.78 is 5.14. The predicted molar refractivity (Wildman–Crippen MR) is 122 cm³/mol. The molecule has 0 N–H and O–H groups in total. The largest absolute Gasteiger partial charge is 0.497 e. The van der Waals surface area contributed by atoms with E-state index in [-0.39, 0.29) is 10.6 Å². The van der Waals surface area contributed by atoms with Gasteiger partial charge < -0.3 is 4.74 Å². The van der Waals surface area contributed by atoms with E-state index in [0.29, 0.717) is 24.2 Å². The van der Waals surface area contributed by atoms with Crippen molar-refractivity contribution >= 4 is 35.1 Å². The van der Waals surface area contributed by atoms with E-state index in [1.54, 1.807) is 42.5 Å². The van der Waals surface area contributed by atoms with E-state index in [4.69, 9.17) is 16.3 Å². The Bertz CT molecular complexity index is 1080. The molecule has 0 radical (unpaired) electrons. The average Bonchev–Trinajstić information content (AvgIpc) is 3.09. The van der Waals surface area contributed by atoms with Gasteiger partial charge in [0.05, 0.1) is 29.5 Å². The summed E-state index contributed by atoms with van der Waals surface area (Å²) in [5, 5.41) is 2.07. The van der Waals surface area contributed by atoms with Gasteiger partial charge in [0.25, 0.3) is 17.7 Å².